The number of nitrogens with zero attached hydrogens (tertiary/aromatic N) is 1. The van der Waals surface area contributed by atoms with Gasteiger partial charge in [0.1, 0.15) is 18.1 Å². The van der Waals surface area contributed by atoms with Crippen molar-refractivity contribution in [1.29, 1.82) is 0 Å². The Kier molecular flexibility index (Phi) is 9.18. The highest BCUT2D eigenvalue weighted by molar-refractivity contribution is 7.92. The largest absolute Gasteiger partial charge is 0.494 e. The number of anilines is 1. The second kappa shape index (κ2) is 12.3. The first-order valence-corrected chi connectivity index (χ1v) is 12.7. The maximum atomic E-state index is 13.6. The molecule has 1 amide bonds. The van der Waals surface area contributed by atoms with E-state index >= 15 is 0 Å². The van der Waals surface area contributed by atoms with Crippen LogP contribution in [0.2, 0.25) is 0 Å². The van der Waals surface area contributed by atoms with Crippen LogP contribution in [0.25, 0.3) is 0 Å². The Balaban J connectivity index is 1.86. The molecule has 0 atom stereocenters. The Hall–Kier alpha value is -3.99. The van der Waals surface area contributed by atoms with Crippen LogP contribution in [-0.2, 0) is 21.4 Å². The second-order valence-electron chi connectivity index (χ2n) is 7.66. The minimum Gasteiger partial charge on any atom is -0.494 e. The summed E-state index contributed by atoms with van der Waals surface area (Å²) in [5.41, 5.74) is 0.727. The molecule has 0 spiro atoms. The third kappa shape index (κ3) is 6.42. The molecule has 37 heavy (non-hydrogen) atoms. The van der Waals surface area contributed by atoms with Crippen molar-refractivity contribution in [3.05, 3.63) is 72.0 Å². The highest BCUT2D eigenvalue weighted by atomic mass is 32.2. The summed E-state index contributed by atoms with van der Waals surface area (Å²) in [6.07, 6.45) is 0. The van der Waals surface area contributed by atoms with Crippen molar-refractivity contribution in [2.45, 2.75) is 18.4 Å². The van der Waals surface area contributed by atoms with Crippen molar-refractivity contribution in [1.82, 2.24) is 5.32 Å². The first-order valence-electron chi connectivity index (χ1n) is 11.3. The van der Waals surface area contributed by atoms with E-state index in [4.69, 9.17) is 18.9 Å². The van der Waals surface area contributed by atoms with Crippen LogP contribution < -0.4 is 28.6 Å². The molecule has 3 rings (SSSR count). The minimum atomic E-state index is -4.18. The molecule has 0 aliphatic heterocycles. The molecule has 0 aliphatic rings. The number of hydrogen-bond acceptors (Lipinski definition) is 7. The molecular weight excluding hydrogens is 503 g/mol. The molecular formula is C26H29FN2O7S. The maximum Gasteiger partial charge on any atom is 0.264 e. The van der Waals surface area contributed by atoms with Gasteiger partial charge in [-0.1, -0.05) is 0 Å². The Bertz CT molecular complexity index is 1310. The Labute approximate surface area is 215 Å². The van der Waals surface area contributed by atoms with Gasteiger partial charge in [-0.05, 0) is 67.6 Å². The lowest BCUT2D eigenvalue weighted by Gasteiger charge is -2.24. The van der Waals surface area contributed by atoms with E-state index in [1.165, 1.54) is 57.7 Å². The molecule has 0 saturated carbocycles. The molecule has 0 aliphatic carbocycles. The fraction of sp³-hybridized carbons (Fsp3) is 0.269. The van der Waals surface area contributed by atoms with Crippen molar-refractivity contribution >= 4 is 21.6 Å². The van der Waals surface area contributed by atoms with Gasteiger partial charge in [0, 0.05) is 12.1 Å². The van der Waals surface area contributed by atoms with Gasteiger partial charge in [0.25, 0.3) is 10.0 Å². The van der Waals surface area contributed by atoms with E-state index in [-0.39, 0.29) is 17.1 Å². The standard InChI is InChI=1S/C26H29FN2O7S/c1-5-36-21-11-13-22(14-12-21)37(31,32)29(20-9-7-19(27)8-10-20)17-24(30)28-16-18-6-15-23(33-2)26(35-4)25(18)34-3/h6-15H,5,16-17H2,1-4H3,(H,28,30). The van der Waals surface area contributed by atoms with E-state index in [0.29, 0.717) is 35.2 Å². The Morgan fingerprint density at radius 2 is 1.54 bits per heavy atom. The second-order valence-corrected chi connectivity index (χ2v) is 9.52. The first-order chi connectivity index (χ1) is 17.7. The third-order valence-corrected chi connectivity index (χ3v) is 7.17. The number of sulfonamides is 1. The van der Waals surface area contributed by atoms with Gasteiger partial charge in [0.15, 0.2) is 11.5 Å². The molecule has 198 valence electrons. The Morgan fingerprint density at radius 1 is 0.892 bits per heavy atom. The van der Waals surface area contributed by atoms with Gasteiger partial charge in [0.05, 0.1) is 38.5 Å². The van der Waals surface area contributed by atoms with Gasteiger partial charge in [-0.3, -0.25) is 9.10 Å². The van der Waals surface area contributed by atoms with Crippen LogP contribution in [0, 0.1) is 5.82 Å². The lowest BCUT2D eigenvalue weighted by Crippen LogP contribution is -2.40. The molecule has 3 aromatic rings. The molecule has 0 bridgehead atoms. The number of rotatable bonds is 12. The molecule has 9 nitrogen and oxygen atoms in total. The number of ether oxygens (including phenoxy) is 4. The van der Waals surface area contributed by atoms with E-state index < -0.39 is 28.3 Å². The molecule has 0 radical (unpaired) electrons. The monoisotopic (exact) mass is 532 g/mol. The van der Waals surface area contributed by atoms with Crippen LogP contribution >= 0.6 is 0 Å². The number of hydrogen-bond donors (Lipinski definition) is 1. The predicted octanol–water partition coefficient (Wildman–Crippen LogP) is 3.76. The number of nitrogens with one attached hydrogen (secondary N) is 1. The number of amides is 1. The zero-order valence-electron chi connectivity index (χ0n) is 21.0. The van der Waals surface area contributed by atoms with E-state index in [1.807, 2.05) is 6.92 Å². The average Bonchev–Trinajstić information content (AvgIpc) is 2.90. The van der Waals surface area contributed by atoms with Gasteiger partial charge in [-0.15, -0.1) is 0 Å². The van der Waals surface area contributed by atoms with Gasteiger partial charge in [-0.2, -0.15) is 0 Å². The number of halogens is 1. The molecule has 3 aromatic carbocycles. The summed E-state index contributed by atoms with van der Waals surface area (Å²) < 4.78 is 62.9. The smallest absolute Gasteiger partial charge is 0.264 e. The van der Waals surface area contributed by atoms with Crippen LogP contribution in [0.15, 0.2) is 65.6 Å². The van der Waals surface area contributed by atoms with Gasteiger partial charge in [-0.25, -0.2) is 12.8 Å². The highest BCUT2D eigenvalue weighted by Gasteiger charge is 2.27. The molecule has 0 unspecified atom stereocenters. The van der Waals surface area contributed by atoms with Gasteiger partial charge in [0.2, 0.25) is 11.7 Å². The van der Waals surface area contributed by atoms with Crippen LogP contribution in [0.3, 0.4) is 0 Å². The predicted molar refractivity (Wildman–Crippen MR) is 136 cm³/mol. The van der Waals surface area contributed by atoms with Crippen molar-refractivity contribution in [2.24, 2.45) is 0 Å². The molecule has 0 heterocycles. The van der Waals surface area contributed by atoms with Crippen LogP contribution in [0.1, 0.15) is 12.5 Å². The van der Waals surface area contributed by atoms with E-state index in [2.05, 4.69) is 5.32 Å². The van der Waals surface area contributed by atoms with Gasteiger partial charge >= 0.3 is 0 Å². The molecule has 0 fully saturated rings. The fourth-order valence-corrected chi connectivity index (χ4v) is 5.03. The number of carbonyl (C=O) groups is 1. The SMILES string of the molecule is CCOc1ccc(S(=O)(=O)N(CC(=O)NCc2ccc(OC)c(OC)c2OC)c2ccc(F)cc2)cc1. The quantitative estimate of drug-likeness (QED) is 0.379. The summed E-state index contributed by atoms with van der Waals surface area (Å²) in [4.78, 5) is 12.9. The van der Waals surface area contributed by atoms with Crippen LogP contribution in [0.5, 0.6) is 23.0 Å². The minimum absolute atomic E-state index is 0.0305. The normalized spacial score (nSPS) is 10.9. The molecule has 11 heteroatoms. The lowest BCUT2D eigenvalue weighted by molar-refractivity contribution is -0.119. The third-order valence-electron chi connectivity index (χ3n) is 5.39. The zero-order valence-corrected chi connectivity index (χ0v) is 21.8. The van der Waals surface area contributed by atoms with E-state index in [1.54, 1.807) is 12.1 Å². The number of methoxy groups -OCH3 is 3. The van der Waals surface area contributed by atoms with Crippen molar-refractivity contribution < 1.29 is 36.6 Å². The van der Waals surface area contributed by atoms with Gasteiger partial charge < -0.3 is 24.3 Å². The first kappa shape index (κ1) is 27.6. The molecule has 0 aromatic heterocycles. The zero-order chi connectivity index (χ0) is 27.0. The highest BCUT2D eigenvalue weighted by Crippen LogP contribution is 2.39. The number of carbonyl (C=O) groups excluding carboxylic acids is 1. The van der Waals surface area contributed by atoms with Crippen LogP contribution in [0.4, 0.5) is 10.1 Å². The van der Waals surface area contributed by atoms with Crippen LogP contribution in [-0.4, -0.2) is 48.8 Å². The fourth-order valence-electron chi connectivity index (χ4n) is 3.61. The lowest BCUT2D eigenvalue weighted by atomic mass is 10.1. The topological polar surface area (TPSA) is 103 Å². The molecule has 1 N–H and O–H groups in total. The summed E-state index contributed by atoms with van der Waals surface area (Å²) in [7, 11) is 0.246. The summed E-state index contributed by atoms with van der Waals surface area (Å²) in [5, 5.41) is 2.71. The maximum absolute atomic E-state index is 13.6. The average molecular weight is 533 g/mol. The van der Waals surface area contributed by atoms with Crippen molar-refractivity contribution in [2.75, 3.05) is 38.8 Å². The summed E-state index contributed by atoms with van der Waals surface area (Å²) >= 11 is 0. The number of benzene rings is 3. The summed E-state index contributed by atoms with van der Waals surface area (Å²) in [6.45, 7) is 1.73. The van der Waals surface area contributed by atoms with Crippen molar-refractivity contribution in [3.8, 4) is 23.0 Å². The summed E-state index contributed by atoms with van der Waals surface area (Å²) in [5.74, 6) is 0.583. The van der Waals surface area contributed by atoms with E-state index in [0.717, 1.165) is 16.4 Å². The van der Waals surface area contributed by atoms with Crippen molar-refractivity contribution in [3.63, 3.8) is 0 Å². The molecule has 0 saturated heterocycles. The Morgan fingerprint density at radius 3 is 2.11 bits per heavy atom. The summed E-state index contributed by atoms with van der Waals surface area (Å²) in [6, 6.07) is 14.1. The van der Waals surface area contributed by atoms with E-state index in [9.17, 15) is 17.6 Å².